The maximum atomic E-state index is 11.1. The second kappa shape index (κ2) is 3.23. The molecule has 11 heavy (non-hydrogen) atoms. The van der Waals surface area contributed by atoms with Crippen molar-refractivity contribution >= 4 is 0 Å². The van der Waals surface area contributed by atoms with Gasteiger partial charge >= 0.3 is 0 Å². The lowest BCUT2D eigenvalue weighted by Crippen LogP contribution is -2.18. The highest BCUT2D eigenvalue weighted by molar-refractivity contribution is 5.12. The maximum Gasteiger partial charge on any atom is 0.253 e. The van der Waals surface area contributed by atoms with Crippen molar-refractivity contribution in [3.63, 3.8) is 0 Å². The van der Waals surface area contributed by atoms with Crippen LogP contribution in [0.25, 0.3) is 0 Å². The first-order valence-corrected chi connectivity index (χ1v) is 3.53. The van der Waals surface area contributed by atoms with Crippen molar-refractivity contribution in [1.82, 2.24) is 4.57 Å². The Hall–Kier alpha value is -1.25. The average molecular weight is 153 g/mol. The Bertz CT molecular complexity index is 290. The predicted octanol–water partition coefficient (Wildman–Crippen LogP) is 0.877. The molecule has 0 bridgehead atoms. The van der Waals surface area contributed by atoms with E-state index in [0.29, 0.717) is 12.4 Å². The molecule has 0 aliphatic rings. The number of ether oxygens (including phenoxy) is 1. The van der Waals surface area contributed by atoms with Gasteiger partial charge in [-0.15, -0.1) is 0 Å². The lowest BCUT2D eigenvalue weighted by Gasteiger charge is -2.07. The molecule has 0 atom stereocenters. The Morgan fingerprint density at radius 1 is 1.55 bits per heavy atom. The molecule has 1 heterocycles. The van der Waals surface area contributed by atoms with Gasteiger partial charge in [-0.3, -0.25) is 9.36 Å². The summed E-state index contributed by atoms with van der Waals surface area (Å²) in [5.41, 5.74) is -0.0214. The normalized spacial score (nSPS) is 9.64. The molecule has 0 radical (unpaired) electrons. The zero-order valence-electron chi connectivity index (χ0n) is 6.70. The van der Waals surface area contributed by atoms with Gasteiger partial charge < -0.3 is 4.74 Å². The Morgan fingerprint density at radius 3 is 2.73 bits per heavy atom. The molecule has 0 aliphatic heterocycles. The molecule has 1 aromatic heterocycles. The summed E-state index contributed by atoms with van der Waals surface area (Å²) in [6.07, 6.45) is 0. The molecular formula is C8H11NO2. The number of pyridine rings is 1. The van der Waals surface area contributed by atoms with E-state index < -0.39 is 0 Å². The van der Waals surface area contributed by atoms with Crippen molar-refractivity contribution in [2.24, 2.45) is 0 Å². The van der Waals surface area contributed by atoms with E-state index in [1.165, 1.54) is 6.07 Å². The van der Waals surface area contributed by atoms with E-state index in [2.05, 4.69) is 0 Å². The highest BCUT2D eigenvalue weighted by atomic mass is 16.5. The van der Waals surface area contributed by atoms with Crippen molar-refractivity contribution in [1.29, 1.82) is 0 Å². The summed E-state index contributed by atoms with van der Waals surface area (Å²) in [5, 5.41) is 0. The van der Waals surface area contributed by atoms with Gasteiger partial charge in [0.1, 0.15) is 0 Å². The number of aromatic nitrogens is 1. The third-order valence-electron chi connectivity index (χ3n) is 1.54. The number of hydrogen-bond acceptors (Lipinski definition) is 2. The Morgan fingerprint density at radius 2 is 2.27 bits per heavy atom. The molecule has 1 aromatic rings. The van der Waals surface area contributed by atoms with Crippen molar-refractivity contribution in [2.75, 3.05) is 7.11 Å². The summed E-state index contributed by atoms with van der Waals surface area (Å²) in [6.45, 7) is 2.55. The third kappa shape index (κ3) is 1.42. The molecule has 60 valence electrons. The van der Waals surface area contributed by atoms with Gasteiger partial charge in [0.15, 0.2) is 5.88 Å². The van der Waals surface area contributed by atoms with Crippen LogP contribution in [0.15, 0.2) is 23.0 Å². The third-order valence-corrected chi connectivity index (χ3v) is 1.54. The fourth-order valence-electron chi connectivity index (χ4n) is 0.991. The largest absolute Gasteiger partial charge is 0.482 e. The molecule has 0 saturated carbocycles. The molecule has 0 saturated heterocycles. The van der Waals surface area contributed by atoms with Gasteiger partial charge in [-0.05, 0) is 13.0 Å². The van der Waals surface area contributed by atoms with Crippen molar-refractivity contribution in [3.05, 3.63) is 28.6 Å². The lowest BCUT2D eigenvalue weighted by atomic mass is 10.4. The summed E-state index contributed by atoms with van der Waals surface area (Å²) < 4.78 is 6.55. The smallest absolute Gasteiger partial charge is 0.253 e. The fraction of sp³-hybridized carbons (Fsp3) is 0.375. The number of nitrogens with zero attached hydrogens (tertiary/aromatic N) is 1. The monoisotopic (exact) mass is 153 g/mol. The van der Waals surface area contributed by atoms with E-state index in [-0.39, 0.29) is 5.56 Å². The molecule has 1 rings (SSSR count). The van der Waals surface area contributed by atoms with Crippen molar-refractivity contribution in [2.45, 2.75) is 13.5 Å². The quantitative estimate of drug-likeness (QED) is 0.631. The van der Waals surface area contributed by atoms with Crippen LogP contribution in [0.4, 0.5) is 0 Å². The van der Waals surface area contributed by atoms with Gasteiger partial charge in [-0.25, -0.2) is 0 Å². The van der Waals surface area contributed by atoms with Crippen LogP contribution < -0.4 is 10.3 Å². The van der Waals surface area contributed by atoms with E-state index in [1.807, 2.05) is 6.92 Å². The van der Waals surface area contributed by atoms with Crippen LogP contribution in [0.2, 0.25) is 0 Å². The van der Waals surface area contributed by atoms with Gasteiger partial charge in [0.05, 0.1) is 7.11 Å². The first-order valence-electron chi connectivity index (χ1n) is 3.53. The van der Waals surface area contributed by atoms with Crippen LogP contribution in [0.1, 0.15) is 6.92 Å². The summed E-state index contributed by atoms with van der Waals surface area (Å²) in [4.78, 5) is 11.1. The van der Waals surface area contributed by atoms with Gasteiger partial charge in [-0.2, -0.15) is 0 Å². The summed E-state index contributed by atoms with van der Waals surface area (Å²) in [7, 11) is 1.56. The minimum Gasteiger partial charge on any atom is -0.482 e. The SMILES string of the molecule is CCn1c(OC)cccc1=O. The summed E-state index contributed by atoms with van der Waals surface area (Å²) in [6, 6.07) is 4.98. The maximum absolute atomic E-state index is 11.1. The van der Waals surface area contributed by atoms with E-state index in [4.69, 9.17) is 4.74 Å². The average Bonchev–Trinajstić information content (AvgIpc) is 2.04. The summed E-state index contributed by atoms with van der Waals surface area (Å²) >= 11 is 0. The lowest BCUT2D eigenvalue weighted by molar-refractivity contribution is 0.368. The van der Waals surface area contributed by atoms with Gasteiger partial charge in [0, 0.05) is 12.6 Å². The predicted molar refractivity (Wildman–Crippen MR) is 42.9 cm³/mol. The van der Waals surface area contributed by atoms with E-state index in [1.54, 1.807) is 23.8 Å². The molecular weight excluding hydrogens is 142 g/mol. The van der Waals surface area contributed by atoms with Crippen LogP contribution >= 0.6 is 0 Å². The first-order chi connectivity index (χ1) is 5.29. The Balaban J connectivity index is 3.24. The highest BCUT2D eigenvalue weighted by Crippen LogP contribution is 2.04. The van der Waals surface area contributed by atoms with Crippen LogP contribution in [-0.4, -0.2) is 11.7 Å². The number of hydrogen-bond donors (Lipinski definition) is 0. The van der Waals surface area contributed by atoms with Crippen LogP contribution in [-0.2, 0) is 6.54 Å². The topological polar surface area (TPSA) is 31.2 Å². The summed E-state index contributed by atoms with van der Waals surface area (Å²) in [5.74, 6) is 0.611. The molecule has 0 N–H and O–H groups in total. The second-order valence-corrected chi connectivity index (χ2v) is 2.15. The van der Waals surface area contributed by atoms with Crippen molar-refractivity contribution < 1.29 is 4.74 Å². The Kier molecular flexibility index (Phi) is 2.31. The van der Waals surface area contributed by atoms with Crippen LogP contribution in [0.3, 0.4) is 0 Å². The zero-order chi connectivity index (χ0) is 8.27. The highest BCUT2D eigenvalue weighted by Gasteiger charge is 1.98. The van der Waals surface area contributed by atoms with Crippen LogP contribution in [0, 0.1) is 0 Å². The molecule has 0 amide bonds. The number of methoxy groups -OCH3 is 1. The van der Waals surface area contributed by atoms with Gasteiger partial charge in [0.25, 0.3) is 5.56 Å². The number of rotatable bonds is 2. The van der Waals surface area contributed by atoms with Crippen LogP contribution in [0.5, 0.6) is 5.88 Å². The molecule has 0 aliphatic carbocycles. The molecule has 0 spiro atoms. The second-order valence-electron chi connectivity index (χ2n) is 2.15. The molecule has 0 aromatic carbocycles. The molecule has 0 fully saturated rings. The van der Waals surface area contributed by atoms with E-state index in [9.17, 15) is 4.79 Å². The Labute approximate surface area is 65.2 Å². The minimum absolute atomic E-state index is 0.0214. The van der Waals surface area contributed by atoms with Gasteiger partial charge in [-0.1, -0.05) is 6.07 Å². The van der Waals surface area contributed by atoms with Crippen molar-refractivity contribution in [3.8, 4) is 5.88 Å². The fourth-order valence-corrected chi connectivity index (χ4v) is 0.991. The minimum atomic E-state index is -0.0214. The first kappa shape index (κ1) is 7.85. The molecule has 3 heteroatoms. The standard InChI is InChI=1S/C8H11NO2/c1-3-9-7(10)5-4-6-8(9)11-2/h4-6H,3H2,1-2H3. The van der Waals surface area contributed by atoms with E-state index >= 15 is 0 Å². The molecule has 3 nitrogen and oxygen atoms in total. The molecule has 0 unspecified atom stereocenters. The van der Waals surface area contributed by atoms with Gasteiger partial charge in [0.2, 0.25) is 0 Å². The zero-order valence-corrected chi connectivity index (χ0v) is 6.70. The van der Waals surface area contributed by atoms with E-state index in [0.717, 1.165) is 0 Å².